The average molecular weight is 299 g/mol. The number of hydrogen-bond acceptors (Lipinski definition) is 4. The van der Waals surface area contributed by atoms with Crippen LogP contribution in [0.15, 0.2) is 23.3 Å². The van der Waals surface area contributed by atoms with Crippen molar-refractivity contribution in [3.63, 3.8) is 0 Å². The van der Waals surface area contributed by atoms with Crippen LogP contribution < -0.4 is 5.73 Å². The molecule has 0 bridgehead atoms. The highest BCUT2D eigenvalue weighted by Gasteiger charge is 2.21. The Kier molecular flexibility index (Phi) is 5.63. The fourth-order valence-corrected chi connectivity index (χ4v) is 1.94. The van der Waals surface area contributed by atoms with E-state index in [4.69, 9.17) is 10.5 Å². The molecule has 0 heterocycles. The zero-order chi connectivity index (χ0) is 16.2. The van der Waals surface area contributed by atoms with Crippen LogP contribution in [0.3, 0.4) is 0 Å². The fourth-order valence-electron chi connectivity index (χ4n) is 1.94. The van der Waals surface area contributed by atoms with Crippen molar-refractivity contribution in [1.29, 1.82) is 0 Å². The molecule has 1 amide bonds. The maximum Gasteiger partial charge on any atom is 0.410 e. The molecule has 2 N–H and O–H groups in total. The SMILES string of the molecule is CN(CCN(C)C1=C(F)C=C(N)CC1)C(=O)OC(C)(C)C. The Morgan fingerprint density at radius 3 is 2.48 bits per heavy atom. The third-order valence-corrected chi connectivity index (χ3v) is 3.18. The van der Waals surface area contributed by atoms with Gasteiger partial charge in [-0.15, -0.1) is 0 Å². The van der Waals surface area contributed by atoms with Crippen molar-refractivity contribution in [2.45, 2.75) is 39.2 Å². The summed E-state index contributed by atoms with van der Waals surface area (Å²) in [6.45, 7) is 6.46. The second-order valence-electron chi connectivity index (χ2n) is 6.34. The molecule has 6 heteroatoms. The molecule has 0 unspecified atom stereocenters. The third kappa shape index (κ3) is 5.65. The Morgan fingerprint density at radius 1 is 1.33 bits per heavy atom. The highest BCUT2D eigenvalue weighted by molar-refractivity contribution is 5.67. The van der Waals surface area contributed by atoms with Crippen molar-refractivity contribution in [1.82, 2.24) is 9.80 Å². The van der Waals surface area contributed by atoms with E-state index in [0.29, 0.717) is 37.3 Å². The van der Waals surface area contributed by atoms with Gasteiger partial charge in [-0.1, -0.05) is 0 Å². The van der Waals surface area contributed by atoms with E-state index >= 15 is 0 Å². The van der Waals surface area contributed by atoms with Crippen LogP contribution >= 0.6 is 0 Å². The number of nitrogens with two attached hydrogens (primary N) is 1. The molecular weight excluding hydrogens is 273 g/mol. The number of nitrogens with zero attached hydrogens (tertiary/aromatic N) is 2. The summed E-state index contributed by atoms with van der Waals surface area (Å²) in [6.07, 6.45) is 2.24. The minimum Gasteiger partial charge on any atom is -0.444 e. The number of ether oxygens (including phenoxy) is 1. The molecule has 5 nitrogen and oxygen atoms in total. The molecule has 1 rings (SSSR count). The number of allylic oxidation sites excluding steroid dienone is 4. The predicted molar refractivity (Wildman–Crippen MR) is 81.1 cm³/mol. The summed E-state index contributed by atoms with van der Waals surface area (Å²) in [6, 6.07) is 0. The number of likely N-dealkylation sites (N-methyl/N-ethyl adjacent to an activating group) is 2. The molecule has 0 saturated heterocycles. The van der Waals surface area contributed by atoms with Crippen molar-refractivity contribution >= 4 is 6.09 Å². The summed E-state index contributed by atoms with van der Waals surface area (Å²) < 4.78 is 19.1. The Labute approximate surface area is 126 Å². The van der Waals surface area contributed by atoms with Crippen LogP contribution in [0.5, 0.6) is 0 Å². The topological polar surface area (TPSA) is 58.8 Å². The van der Waals surface area contributed by atoms with Crippen molar-refractivity contribution in [2.75, 3.05) is 27.2 Å². The first kappa shape index (κ1) is 17.3. The van der Waals surface area contributed by atoms with E-state index in [1.807, 2.05) is 32.7 Å². The molecule has 0 saturated carbocycles. The van der Waals surface area contributed by atoms with Gasteiger partial charge in [0.05, 0.1) is 0 Å². The monoisotopic (exact) mass is 299 g/mol. The van der Waals surface area contributed by atoms with E-state index in [1.165, 1.54) is 11.0 Å². The van der Waals surface area contributed by atoms with Gasteiger partial charge in [0.2, 0.25) is 0 Å². The van der Waals surface area contributed by atoms with Crippen molar-refractivity contribution < 1.29 is 13.9 Å². The maximum absolute atomic E-state index is 13.8. The van der Waals surface area contributed by atoms with Gasteiger partial charge in [-0.2, -0.15) is 0 Å². The first-order valence-corrected chi connectivity index (χ1v) is 7.10. The summed E-state index contributed by atoms with van der Waals surface area (Å²) in [4.78, 5) is 15.1. The van der Waals surface area contributed by atoms with Crippen LogP contribution in [-0.2, 0) is 4.74 Å². The largest absolute Gasteiger partial charge is 0.444 e. The van der Waals surface area contributed by atoms with Crippen LogP contribution in [0.25, 0.3) is 0 Å². The molecule has 0 aromatic rings. The van der Waals surface area contributed by atoms with Crippen LogP contribution in [0.1, 0.15) is 33.6 Å². The minimum atomic E-state index is -0.516. The normalized spacial score (nSPS) is 15.6. The molecule has 0 spiro atoms. The molecule has 0 atom stereocenters. The van der Waals surface area contributed by atoms with E-state index in [2.05, 4.69) is 0 Å². The maximum atomic E-state index is 13.8. The molecule has 1 aliphatic carbocycles. The molecule has 21 heavy (non-hydrogen) atoms. The Hall–Kier alpha value is -1.72. The van der Waals surface area contributed by atoms with Crippen LogP contribution in [0.2, 0.25) is 0 Å². The molecule has 0 fully saturated rings. The lowest BCUT2D eigenvalue weighted by Gasteiger charge is -2.29. The molecule has 0 aromatic heterocycles. The predicted octanol–water partition coefficient (Wildman–Crippen LogP) is 2.60. The van der Waals surface area contributed by atoms with Crippen molar-refractivity contribution in [2.24, 2.45) is 5.73 Å². The van der Waals surface area contributed by atoms with Gasteiger partial charge < -0.3 is 20.3 Å². The van der Waals surface area contributed by atoms with Gasteiger partial charge in [-0.25, -0.2) is 9.18 Å². The summed E-state index contributed by atoms with van der Waals surface area (Å²) >= 11 is 0. The van der Waals surface area contributed by atoms with Crippen LogP contribution in [-0.4, -0.2) is 48.7 Å². The molecule has 0 aromatic carbocycles. The highest BCUT2D eigenvalue weighted by atomic mass is 19.1. The third-order valence-electron chi connectivity index (χ3n) is 3.18. The van der Waals surface area contributed by atoms with E-state index < -0.39 is 5.60 Å². The number of halogens is 1. The Morgan fingerprint density at radius 2 is 1.95 bits per heavy atom. The first-order chi connectivity index (χ1) is 9.60. The van der Waals surface area contributed by atoms with Gasteiger partial charge in [0.1, 0.15) is 11.4 Å². The van der Waals surface area contributed by atoms with E-state index in [9.17, 15) is 9.18 Å². The number of carbonyl (C=O) groups excluding carboxylic acids is 1. The van der Waals surface area contributed by atoms with Gasteiger partial charge in [0, 0.05) is 38.6 Å². The molecule has 1 aliphatic rings. The van der Waals surface area contributed by atoms with Crippen molar-refractivity contribution in [3.8, 4) is 0 Å². The lowest BCUT2D eigenvalue weighted by atomic mass is 10.1. The average Bonchev–Trinajstić information content (AvgIpc) is 2.33. The fraction of sp³-hybridized carbons (Fsp3) is 0.667. The Bertz CT molecular complexity index is 452. The van der Waals surface area contributed by atoms with Gasteiger partial charge in [-0.3, -0.25) is 0 Å². The first-order valence-electron chi connectivity index (χ1n) is 7.10. The summed E-state index contributed by atoms with van der Waals surface area (Å²) in [5.41, 5.74) is 6.28. The Balaban J connectivity index is 2.51. The highest BCUT2D eigenvalue weighted by Crippen LogP contribution is 2.24. The quantitative estimate of drug-likeness (QED) is 0.867. The minimum absolute atomic E-state index is 0.291. The van der Waals surface area contributed by atoms with Gasteiger partial charge in [0.15, 0.2) is 0 Å². The lowest BCUT2D eigenvalue weighted by molar-refractivity contribution is 0.0290. The second-order valence-corrected chi connectivity index (χ2v) is 6.34. The summed E-state index contributed by atoms with van der Waals surface area (Å²) in [7, 11) is 3.48. The van der Waals surface area contributed by atoms with Crippen LogP contribution in [0.4, 0.5) is 9.18 Å². The number of amides is 1. The van der Waals surface area contributed by atoms with E-state index in [1.54, 1.807) is 7.05 Å². The number of carbonyl (C=O) groups is 1. The van der Waals surface area contributed by atoms with Crippen LogP contribution in [0, 0.1) is 0 Å². The lowest BCUT2D eigenvalue weighted by Crippen LogP contribution is -2.38. The van der Waals surface area contributed by atoms with Gasteiger partial charge in [-0.05, 0) is 39.7 Å². The number of hydrogen-bond donors (Lipinski definition) is 1. The van der Waals surface area contributed by atoms with Gasteiger partial charge in [0.25, 0.3) is 0 Å². The molecular formula is C15H26FN3O2. The number of rotatable bonds is 4. The molecule has 120 valence electrons. The molecule has 0 aliphatic heterocycles. The second kappa shape index (κ2) is 6.83. The summed E-state index contributed by atoms with van der Waals surface area (Å²) in [5, 5.41) is 0. The van der Waals surface area contributed by atoms with E-state index in [-0.39, 0.29) is 11.9 Å². The van der Waals surface area contributed by atoms with Gasteiger partial charge >= 0.3 is 6.09 Å². The smallest absolute Gasteiger partial charge is 0.410 e. The van der Waals surface area contributed by atoms with E-state index in [0.717, 1.165) is 0 Å². The zero-order valence-electron chi connectivity index (χ0n) is 13.6. The zero-order valence-corrected chi connectivity index (χ0v) is 13.6. The standard InChI is InChI=1S/C15H26FN3O2/c1-15(2,3)21-14(20)19(5)9-8-18(4)13-7-6-11(17)10-12(13)16/h10H,6-9,17H2,1-5H3. The summed E-state index contributed by atoms with van der Waals surface area (Å²) in [5.74, 6) is -0.291. The molecule has 0 radical (unpaired) electrons. The van der Waals surface area contributed by atoms with Crippen molar-refractivity contribution in [3.05, 3.63) is 23.3 Å².